The van der Waals surface area contributed by atoms with Gasteiger partial charge in [-0.15, -0.1) is 0 Å². The lowest BCUT2D eigenvalue weighted by Crippen LogP contribution is -2.36. The van der Waals surface area contributed by atoms with E-state index in [0.29, 0.717) is 0 Å². The van der Waals surface area contributed by atoms with Gasteiger partial charge in [-0.25, -0.2) is 4.98 Å². The number of rotatable bonds is 1. The number of fused-ring (bicyclic) bond motifs is 1. The van der Waals surface area contributed by atoms with E-state index in [-0.39, 0.29) is 22.6 Å². The SMILES string of the molecule is [2H]c1cc(N)c2c(=O)n(C3C(=O)CC(=O)C([2H])C3[2H])c(C([2H])[2H])nc2c1. The van der Waals surface area contributed by atoms with E-state index in [1.807, 2.05) is 0 Å². The number of nitrogen functional groups attached to an aromatic ring is 1. The number of carbonyl (C=O) groups excluding carboxylic acids is 2. The molecule has 1 heterocycles. The summed E-state index contributed by atoms with van der Waals surface area (Å²) in [5.74, 6) is -1.84. The molecular weight excluding hydrogens is 270 g/mol. The number of aryl methyl sites for hydroxylation is 1. The lowest BCUT2D eigenvalue weighted by molar-refractivity contribution is -0.132. The van der Waals surface area contributed by atoms with Gasteiger partial charge in [0.1, 0.15) is 11.6 Å². The van der Waals surface area contributed by atoms with E-state index in [1.54, 1.807) is 0 Å². The van der Waals surface area contributed by atoms with Crippen LogP contribution in [0.4, 0.5) is 5.69 Å². The zero-order valence-electron chi connectivity index (χ0n) is 15.9. The Balaban J connectivity index is 2.36. The molecule has 1 fully saturated rings. The van der Waals surface area contributed by atoms with Gasteiger partial charge >= 0.3 is 0 Å². The normalized spacial score (nSPS) is 29.8. The van der Waals surface area contributed by atoms with Crippen LogP contribution in [-0.4, -0.2) is 21.1 Å². The highest BCUT2D eigenvalue weighted by molar-refractivity contribution is 6.03. The van der Waals surface area contributed by atoms with Crippen LogP contribution < -0.4 is 11.3 Å². The van der Waals surface area contributed by atoms with Crippen LogP contribution in [0, 0.1) is 6.88 Å². The van der Waals surface area contributed by atoms with E-state index >= 15 is 0 Å². The highest BCUT2D eigenvalue weighted by Gasteiger charge is 2.30. The summed E-state index contributed by atoms with van der Waals surface area (Å²) < 4.78 is 39.6. The third-order valence-electron chi connectivity index (χ3n) is 3.34. The summed E-state index contributed by atoms with van der Waals surface area (Å²) in [5, 5.41) is -0.0937. The van der Waals surface area contributed by atoms with Gasteiger partial charge in [-0.05, 0) is 25.4 Å². The zero-order valence-corrected chi connectivity index (χ0v) is 10.9. The van der Waals surface area contributed by atoms with Crippen LogP contribution in [0.3, 0.4) is 0 Å². The van der Waals surface area contributed by atoms with Gasteiger partial charge in [0.25, 0.3) is 5.56 Å². The molecule has 1 aromatic heterocycles. The van der Waals surface area contributed by atoms with Gasteiger partial charge < -0.3 is 5.73 Å². The number of nitrogens with two attached hydrogens (primary N) is 1. The number of hydrogen-bond donors (Lipinski definition) is 1. The molecule has 21 heavy (non-hydrogen) atoms. The molecule has 6 nitrogen and oxygen atoms in total. The number of aromatic nitrogens is 2. The second-order valence-electron chi connectivity index (χ2n) is 4.73. The number of Topliss-reactive ketones (excluding diaryl/α,β-unsaturated/α-hetero) is 2. The minimum absolute atomic E-state index is 0.0129. The summed E-state index contributed by atoms with van der Waals surface area (Å²) in [4.78, 5) is 41.1. The van der Waals surface area contributed by atoms with E-state index < -0.39 is 55.1 Å². The molecule has 3 atom stereocenters. The fourth-order valence-electron chi connectivity index (χ4n) is 2.37. The van der Waals surface area contributed by atoms with Gasteiger partial charge in [-0.3, -0.25) is 19.0 Å². The van der Waals surface area contributed by atoms with Gasteiger partial charge in [0, 0.05) is 17.6 Å². The van der Waals surface area contributed by atoms with Gasteiger partial charge in [0.05, 0.1) is 24.7 Å². The highest BCUT2D eigenvalue weighted by Crippen LogP contribution is 2.24. The van der Waals surface area contributed by atoms with Crippen molar-refractivity contribution in [3.8, 4) is 0 Å². The number of hydrogen-bond acceptors (Lipinski definition) is 5. The molecule has 0 aliphatic heterocycles. The van der Waals surface area contributed by atoms with Gasteiger partial charge in [-0.2, -0.15) is 0 Å². The molecule has 0 spiro atoms. The molecule has 3 rings (SSSR count). The van der Waals surface area contributed by atoms with E-state index in [9.17, 15) is 14.4 Å². The lowest BCUT2D eigenvalue weighted by Gasteiger charge is -2.24. The highest BCUT2D eigenvalue weighted by atomic mass is 16.2. The first-order chi connectivity index (χ1) is 12.1. The smallest absolute Gasteiger partial charge is 0.264 e. The van der Waals surface area contributed by atoms with Crippen molar-refractivity contribution in [2.24, 2.45) is 0 Å². The van der Waals surface area contributed by atoms with Crippen molar-refractivity contribution >= 4 is 28.2 Å². The summed E-state index contributed by atoms with van der Waals surface area (Å²) >= 11 is 0. The van der Waals surface area contributed by atoms with Gasteiger partial charge in [0.2, 0.25) is 0 Å². The first kappa shape index (κ1) is 8.71. The van der Waals surface area contributed by atoms with Crippen LogP contribution in [0.2, 0.25) is 0 Å². The Morgan fingerprint density at radius 2 is 2.29 bits per heavy atom. The standard InChI is InChI=1S/C15H15N3O3/c1-8-17-11-4-2-3-10(16)14(11)15(21)18(8)12-6-5-9(19)7-13(12)20/h2-4,12H,5-7,16H2,1H3/i1D2,2D,5D,6D. The molecule has 0 saturated heterocycles. The van der Waals surface area contributed by atoms with Crippen molar-refractivity contribution in [1.29, 1.82) is 0 Å². The summed E-state index contributed by atoms with van der Waals surface area (Å²) in [6.45, 7) is -1.76. The second-order valence-corrected chi connectivity index (χ2v) is 4.73. The quantitative estimate of drug-likeness (QED) is 0.628. The molecule has 0 amide bonds. The van der Waals surface area contributed by atoms with Crippen molar-refractivity contribution in [2.45, 2.75) is 32.1 Å². The first-order valence-electron chi connectivity index (χ1n) is 9.01. The van der Waals surface area contributed by atoms with Crippen LogP contribution in [0.25, 0.3) is 10.9 Å². The third-order valence-corrected chi connectivity index (χ3v) is 3.34. The van der Waals surface area contributed by atoms with Crippen LogP contribution in [0.1, 0.15) is 37.9 Å². The molecular formula is C15H15N3O3. The molecule has 0 bridgehead atoms. The van der Waals surface area contributed by atoms with Crippen LogP contribution in [0.15, 0.2) is 23.0 Å². The fourth-order valence-corrected chi connectivity index (χ4v) is 2.37. The number of benzene rings is 1. The molecule has 1 aliphatic carbocycles. The van der Waals surface area contributed by atoms with Crippen LogP contribution in [-0.2, 0) is 9.59 Å². The summed E-state index contributed by atoms with van der Waals surface area (Å²) in [6.07, 6.45) is -3.68. The van der Waals surface area contributed by atoms with Gasteiger partial charge in [-0.1, -0.05) is 6.04 Å². The van der Waals surface area contributed by atoms with Crippen LogP contribution in [0.5, 0.6) is 0 Å². The Morgan fingerprint density at radius 1 is 1.48 bits per heavy atom. The molecule has 1 aromatic carbocycles. The molecule has 108 valence electrons. The molecule has 1 saturated carbocycles. The zero-order chi connectivity index (χ0) is 19.3. The molecule has 1 aliphatic rings. The van der Waals surface area contributed by atoms with Crippen molar-refractivity contribution in [3.05, 3.63) is 34.4 Å². The Bertz CT molecular complexity index is 991. The Morgan fingerprint density at radius 3 is 3.05 bits per heavy atom. The number of nitrogens with zero attached hydrogens (tertiary/aromatic N) is 2. The van der Waals surface area contributed by atoms with Crippen LogP contribution >= 0.6 is 0 Å². The van der Waals surface area contributed by atoms with E-state index in [0.717, 1.165) is 4.57 Å². The number of anilines is 1. The molecule has 0 radical (unpaired) electrons. The number of ketones is 2. The Hall–Kier alpha value is -2.50. The summed E-state index contributed by atoms with van der Waals surface area (Å²) in [5.41, 5.74) is 4.94. The molecule has 2 N–H and O–H groups in total. The molecule has 6 heteroatoms. The minimum Gasteiger partial charge on any atom is -0.398 e. The largest absolute Gasteiger partial charge is 0.398 e. The van der Waals surface area contributed by atoms with Crippen molar-refractivity contribution in [3.63, 3.8) is 0 Å². The minimum atomic E-state index is -1.76. The summed E-state index contributed by atoms with van der Waals surface area (Å²) in [7, 11) is 0. The fraction of sp³-hybridized carbons (Fsp3) is 0.333. The Kier molecular flexibility index (Phi) is 1.99. The predicted octanol–water partition coefficient (Wildman–Crippen LogP) is 1.15. The maximum absolute atomic E-state index is 13.0. The van der Waals surface area contributed by atoms with E-state index in [2.05, 4.69) is 4.98 Å². The molecule has 2 aromatic rings. The van der Waals surface area contributed by atoms with Gasteiger partial charge in [0.15, 0.2) is 5.78 Å². The third kappa shape index (κ3) is 2.12. The second kappa shape index (κ2) is 4.80. The van der Waals surface area contributed by atoms with Crippen molar-refractivity contribution < 1.29 is 16.4 Å². The van der Waals surface area contributed by atoms with E-state index in [1.165, 1.54) is 12.1 Å². The monoisotopic (exact) mass is 290 g/mol. The van der Waals surface area contributed by atoms with Crippen molar-refractivity contribution in [2.75, 3.05) is 5.73 Å². The maximum Gasteiger partial charge on any atom is 0.264 e. The van der Waals surface area contributed by atoms with E-state index in [4.69, 9.17) is 12.6 Å². The number of carbonyl (C=O) groups is 2. The average Bonchev–Trinajstić information content (AvgIpc) is 2.53. The lowest BCUT2D eigenvalue weighted by atomic mass is 9.92. The maximum atomic E-state index is 13.0. The first-order valence-corrected chi connectivity index (χ1v) is 6.20. The Labute approximate surface area is 127 Å². The van der Waals surface area contributed by atoms with Crippen molar-refractivity contribution in [1.82, 2.24) is 9.55 Å². The predicted molar refractivity (Wildman–Crippen MR) is 78.1 cm³/mol. The molecule has 3 unspecified atom stereocenters. The average molecular weight is 290 g/mol. The topological polar surface area (TPSA) is 95.0 Å². The summed E-state index contributed by atoms with van der Waals surface area (Å²) in [6, 6.07) is 0.969.